The van der Waals surface area contributed by atoms with Crippen molar-refractivity contribution in [3.05, 3.63) is 22.8 Å². The third kappa shape index (κ3) is 3.90. The van der Waals surface area contributed by atoms with Gasteiger partial charge in [-0.15, -0.1) is 0 Å². The minimum atomic E-state index is -3.54. The molecule has 1 aromatic rings. The summed E-state index contributed by atoms with van der Waals surface area (Å²) >= 11 is 1.71. The number of nitrogens with one attached hydrogen (secondary N) is 1. The Bertz CT molecular complexity index is 557. The molecule has 1 atom stereocenters. The van der Waals surface area contributed by atoms with E-state index in [4.69, 9.17) is 5.73 Å². The first-order valence-electron chi connectivity index (χ1n) is 6.58. The van der Waals surface area contributed by atoms with E-state index in [-0.39, 0.29) is 6.04 Å². The Hall–Kier alpha value is -0.720. The van der Waals surface area contributed by atoms with E-state index >= 15 is 0 Å². The molecule has 0 aliphatic carbocycles. The summed E-state index contributed by atoms with van der Waals surface area (Å²) in [6.45, 7) is 7.34. The Morgan fingerprint density at radius 3 is 2.45 bits per heavy atom. The number of hydrogen-bond donors (Lipinski definition) is 2. The Labute approximate surface area is 126 Å². The smallest absolute Gasteiger partial charge is 0.241 e. The molecule has 3 N–H and O–H groups in total. The maximum atomic E-state index is 12.6. The fourth-order valence-corrected chi connectivity index (χ4v) is 4.56. The van der Waals surface area contributed by atoms with Gasteiger partial charge in [0.1, 0.15) is 0 Å². The monoisotopic (exact) mass is 316 g/mol. The standard InChI is InChI=1S/C14H24N2O2S2/c1-9-8-13(15)12(4)14(11(9)3)20(17,18)16-10(2)6-7-19-5/h8,10,16H,6-7,15H2,1-5H3. The number of sulfonamides is 1. The van der Waals surface area contributed by atoms with Crippen LogP contribution in [0.4, 0.5) is 5.69 Å². The molecule has 0 radical (unpaired) electrons. The predicted molar refractivity (Wildman–Crippen MR) is 87.8 cm³/mol. The van der Waals surface area contributed by atoms with Crippen molar-refractivity contribution in [3.8, 4) is 0 Å². The normalized spacial score (nSPS) is 13.4. The van der Waals surface area contributed by atoms with Gasteiger partial charge in [-0.2, -0.15) is 11.8 Å². The molecule has 0 aliphatic rings. The molecule has 0 saturated heterocycles. The summed E-state index contributed by atoms with van der Waals surface area (Å²) in [4.78, 5) is 0.325. The van der Waals surface area contributed by atoms with Crippen molar-refractivity contribution < 1.29 is 8.42 Å². The molecule has 1 unspecified atom stereocenters. The van der Waals surface area contributed by atoms with Gasteiger partial charge in [-0.1, -0.05) is 0 Å². The number of hydrogen-bond acceptors (Lipinski definition) is 4. The van der Waals surface area contributed by atoms with E-state index in [9.17, 15) is 8.42 Å². The van der Waals surface area contributed by atoms with Crippen LogP contribution in [0.2, 0.25) is 0 Å². The number of benzene rings is 1. The molecule has 0 amide bonds. The van der Waals surface area contributed by atoms with Crippen LogP contribution < -0.4 is 10.5 Å². The lowest BCUT2D eigenvalue weighted by Crippen LogP contribution is -2.34. The minimum absolute atomic E-state index is 0.0898. The summed E-state index contributed by atoms with van der Waals surface area (Å²) in [5, 5.41) is 0. The van der Waals surface area contributed by atoms with Crippen molar-refractivity contribution in [2.24, 2.45) is 0 Å². The summed E-state index contributed by atoms with van der Waals surface area (Å²) in [6, 6.07) is 1.73. The van der Waals surface area contributed by atoms with Crippen LogP contribution in [0.3, 0.4) is 0 Å². The van der Waals surface area contributed by atoms with E-state index in [0.717, 1.165) is 23.3 Å². The van der Waals surface area contributed by atoms with Crippen molar-refractivity contribution in [2.45, 2.75) is 45.1 Å². The highest BCUT2D eigenvalue weighted by atomic mass is 32.2. The fourth-order valence-electron chi connectivity index (χ4n) is 2.12. The third-order valence-electron chi connectivity index (χ3n) is 3.46. The van der Waals surface area contributed by atoms with Crippen molar-refractivity contribution >= 4 is 27.5 Å². The summed E-state index contributed by atoms with van der Waals surface area (Å²) in [5.41, 5.74) is 8.70. The second-order valence-electron chi connectivity index (χ2n) is 5.17. The Morgan fingerprint density at radius 1 is 1.30 bits per heavy atom. The average molecular weight is 316 g/mol. The van der Waals surface area contributed by atoms with Gasteiger partial charge in [0.25, 0.3) is 0 Å². The van der Waals surface area contributed by atoms with E-state index in [0.29, 0.717) is 16.1 Å². The lowest BCUT2D eigenvalue weighted by Gasteiger charge is -2.19. The number of rotatable bonds is 6. The van der Waals surface area contributed by atoms with Crippen molar-refractivity contribution in [3.63, 3.8) is 0 Å². The highest BCUT2D eigenvalue weighted by molar-refractivity contribution is 7.98. The van der Waals surface area contributed by atoms with E-state index in [1.807, 2.05) is 33.1 Å². The molecule has 4 nitrogen and oxygen atoms in total. The molecule has 0 spiro atoms. The first-order valence-corrected chi connectivity index (χ1v) is 9.46. The predicted octanol–water partition coefficient (Wildman–Crippen LogP) is 2.61. The maximum Gasteiger partial charge on any atom is 0.241 e. The second-order valence-corrected chi connectivity index (χ2v) is 7.80. The van der Waals surface area contributed by atoms with Crippen molar-refractivity contribution in [1.29, 1.82) is 0 Å². The third-order valence-corrected chi connectivity index (χ3v) is 5.96. The van der Waals surface area contributed by atoms with Gasteiger partial charge in [0, 0.05) is 11.7 Å². The summed E-state index contributed by atoms with van der Waals surface area (Å²) in [5.74, 6) is 0.928. The lowest BCUT2D eigenvalue weighted by atomic mass is 10.1. The zero-order chi connectivity index (χ0) is 15.5. The Balaban J connectivity index is 3.16. The first kappa shape index (κ1) is 17.3. The highest BCUT2D eigenvalue weighted by Crippen LogP contribution is 2.28. The number of thioether (sulfide) groups is 1. The van der Waals surface area contributed by atoms with Gasteiger partial charge in [0.2, 0.25) is 10.0 Å². The van der Waals surface area contributed by atoms with Crippen LogP contribution in [0.25, 0.3) is 0 Å². The fraction of sp³-hybridized carbons (Fsp3) is 0.571. The molecule has 6 heteroatoms. The van der Waals surface area contributed by atoms with Gasteiger partial charge in [-0.05, 0) is 68.9 Å². The molecule has 0 fully saturated rings. The molecule has 0 aliphatic heterocycles. The Morgan fingerprint density at radius 2 is 1.90 bits per heavy atom. The van der Waals surface area contributed by atoms with Gasteiger partial charge < -0.3 is 5.73 Å². The van der Waals surface area contributed by atoms with Gasteiger partial charge >= 0.3 is 0 Å². The van der Waals surface area contributed by atoms with Crippen LogP contribution in [-0.2, 0) is 10.0 Å². The van der Waals surface area contributed by atoms with E-state index in [1.54, 1.807) is 18.7 Å². The molecule has 20 heavy (non-hydrogen) atoms. The number of nitrogens with two attached hydrogens (primary N) is 1. The van der Waals surface area contributed by atoms with Gasteiger partial charge in [-0.25, -0.2) is 13.1 Å². The van der Waals surface area contributed by atoms with Crippen molar-refractivity contribution in [2.75, 3.05) is 17.7 Å². The SMILES string of the molecule is CSCCC(C)NS(=O)(=O)c1c(C)c(C)cc(N)c1C. The zero-order valence-corrected chi connectivity index (χ0v) is 14.4. The first-order chi connectivity index (χ1) is 9.20. The zero-order valence-electron chi connectivity index (χ0n) is 12.8. The molecule has 1 rings (SSSR count). The number of anilines is 1. The molecule has 0 bridgehead atoms. The van der Waals surface area contributed by atoms with Crippen LogP contribution in [0.5, 0.6) is 0 Å². The second kappa shape index (κ2) is 6.83. The molecule has 1 aromatic carbocycles. The topological polar surface area (TPSA) is 72.2 Å². The minimum Gasteiger partial charge on any atom is -0.398 e. The number of aryl methyl sites for hydroxylation is 1. The molecular formula is C14H24N2O2S2. The van der Waals surface area contributed by atoms with Gasteiger partial charge in [0.05, 0.1) is 4.90 Å². The van der Waals surface area contributed by atoms with Gasteiger partial charge in [0.15, 0.2) is 0 Å². The summed E-state index contributed by atoms with van der Waals surface area (Å²) in [6.07, 6.45) is 2.82. The van der Waals surface area contributed by atoms with Gasteiger partial charge in [-0.3, -0.25) is 0 Å². The highest BCUT2D eigenvalue weighted by Gasteiger charge is 2.23. The van der Waals surface area contributed by atoms with Crippen LogP contribution in [-0.4, -0.2) is 26.5 Å². The van der Waals surface area contributed by atoms with Crippen LogP contribution in [0.1, 0.15) is 30.0 Å². The van der Waals surface area contributed by atoms with E-state index in [2.05, 4.69) is 4.72 Å². The van der Waals surface area contributed by atoms with Crippen LogP contribution >= 0.6 is 11.8 Å². The number of nitrogen functional groups attached to an aromatic ring is 1. The molecule has 0 heterocycles. The lowest BCUT2D eigenvalue weighted by molar-refractivity contribution is 0.556. The van der Waals surface area contributed by atoms with E-state index < -0.39 is 10.0 Å². The van der Waals surface area contributed by atoms with Crippen molar-refractivity contribution in [1.82, 2.24) is 4.72 Å². The molecular weight excluding hydrogens is 292 g/mol. The maximum absolute atomic E-state index is 12.6. The Kier molecular flexibility index (Phi) is 5.91. The van der Waals surface area contributed by atoms with Crippen LogP contribution in [0.15, 0.2) is 11.0 Å². The summed E-state index contributed by atoms with van der Waals surface area (Å²) < 4.78 is 27.9. The van der Waals surface area contributed by atoms with E-state index in [1.165, 1.54) is 0 Å². The summed E-state index contributed by atoms with van der Waals surface area (Å²) in [7, 11) is -3.54. The largest absolute Gasteiger partial charge is 0.398 e. The molecule has 0 saturated carbocycles. The molecule has 0 aromatic heterocycles. The molecule has 114 valence electrons. The average Bonchev–Trinajstić information content (AvgIpc) is 2.33. The van der Waals surface area contributed by atoms with Crippen LogP contribution in [0, 0.1) is 20.8 Å². The quantitative estimate of drug-likeness (QED) is 0.791.